The van der Waals surface area contributed by atoms with Gasteiger partial charge in [-0.3, -0.25) is 9.59 Å². The molecule has 3 nitrogen and oxygen atoms in total. The highest BCUT2D eigenvalue weighted by Crippen LogP contribution is 2.64. The smallest absolute Gasteiger partial charge is 0.162 e. The molecule has 3 aliphatic carbocycles. The summed E-state index contributed by atoms with van der Waals surface area (Å²) >= 11 is 0. The highest BCUT2D eigenvalue weighted by atomic mass is 16.5. The number of carbonyl (C=O) groups is 2. The molecule has 0 aromatic carbocycles. The Morgan fingerprint density at radius 2 is 1.92 bits per heavy atom. The molecule has 0 saturated heterocycles. The second-order valence-corrected chi connectivity index (χ2v) is 9.81. The van der Waals surface area contributed by atoms with Crippen LogP contribution in [0.2, 0.25) is 0 Å². The summed E-state index contributed by atoms with van der Waals surface area (Å²) in [7, 11) is 0. The van der Waals surface area contributed by atoms with Gasteiger partial charge in [0.15, 0.2) is 5.78 Å². The SMILES string of the molecule is C=CC1C(C(C)=O)CCC2C1CCC1C(C)(C)[C@@H](OCC)C(=O)C[C@]21C. The number of fused-ring (bicyclic) bond motifs is 3. The molecule has 3 heteroatoms. The van der Waals surface area contributed by atoms with Crippen molar-refractivity contribution >= 4 is 11.6 Å². The minimum atomic E-state index is -0.272. The lowest BCUT2D eigenvalue weighted by molar-refractivity contribution is -0.187. The highest BCUT2D eigenvalue weighted by molar-refractivity contribution is 5.86. The third kappa shape index (κ3) is 2.82. The third-order valence-electron chi connectivity index (χ3n) is 8.25. The molecule has 146 valence electrons. The zero-order chi connectivity index (χ0) is 19.3. The molecule has 3 aliphatic rings. The summed E-state index contributed by atoms with van der Waals surface area (Å²) < 4.78 is 5.92. The number of hydrogen-bond donors (Lipinski definition) is 0. The fourth-order valence-corrected chi connectivity index (χ4v) is 7.32. The summed E-state index contributed by atoms with van der Waals surface area (Å²) in [6.07, 6.45) is 6.66. The zero-order valence-corrected chi connectivity index (χ0v) is 17.2. The van der Waals surface area contributed by atoms with Gasteiger partial charge in [-0.1, -0.05) is 26.8 Å². The predicted molar refractivity (Wildman–Crippen MR) is 104 cm³/mol. The van der Waals surface area contributed by atoms with E-state index in [4.69, 9.17) is 4.74 Å². The van der Waals surface area contributed by atoms with Gasteiger partial charge in [-0.25, -0.2) is 0 Å². The van der Waals surface area contributed by atoms with Crippen molar-refractivity contribution < 1.29 is 14.3 Å². The maximum absolute atomic E-state index is 13.1. The van der Waals surface area contributed by atoms with Crippen molar-refractivity contribution in [1.29, 1.82) is 0 Å². The van der Waals surface area contributed by atoms with Crippen LogP contribution in [0.4, 0.5) is 0 Å². The predicted octanol–water partition coefficient (Wildman–Crippen LogP) is 4.84. The summed E-state index contributed by atoms with van der Waals surface area (Å²) in [5, 5.41) is 0. The number of carbonyl (C=O) groups excluding carboxylic acids is 2. The Kier molecular flexibility index (Phi) is 5.24. The first-order valence-corrected chi connectivity index (χ1v) is 10.5. The molecule has 0 spiro atoms. The van der Waals surface area contributed by atoms with Crippen molar-refractivity contribution in [3.63, 3.8) is 0 Å². The van der Waals surface area contributed by atoms with Gasteiger partial charge in [0.2, 0.25) is 0 Å². The third-order valence-corrected chi connectivity index (χ3v) is 8.25. The van der Waals surface area contributed by atoms with Gasteiger partial charge in [0.05, 0.1) is 0 Å². The lowest BCUT2D eigenvalue weighted by atomic mass is 9.42. The first kappa shape index (κ1) is 19.8. The van der Waals surface area contributed by atoms with E-state index >= 15 is 0 Å². The van der Waals surface area contributed by atoms with Crippen molar-refractivity contribution in [3.05, 3.63) is 12.7 Å². The van der Waals surface area contributed by atoms with Gasteiger partial charge in [0, 0.05) is 24.4 Å². The standard InChI is InChI=1S/C23H36O3/c1-7-15-16(14(3)24)9-11-18-17(15)10-12-20-22(4,5)21(26-8-2)19(25)13-23(18,20)6/h7,15-18,20-21H,1,8-13H2,2-6H3/t15?,16?,17?,18?,20?,21-,23+/m0/s1. The van der Waals surface area contributed by atoms with E-state index in [0.717, 1.165) is 25.7 Å². The zero-order valence-electron chi connectivity index (χ0n) is 17.2. The summed E-state index contributed by atoms with van der Waals surface area (Å²) in [5.74, 6) is 2.46. The van der Waals surface area contributed by atoms with E-state index in [1.807, 2.05) is 13.0 Å². The van der Waals surface area contributed by atoms with Crippen LogP contribution >= 0.6 is 0 Å². The van der Waals surface area contributed by atoms with E-state index in [9.17, 15) is 9.59 Å². The number of allylic oxidation sites excluding steroid dienone is 1. The maximum atomic E-state index is 13.1. The molecule has 7 atom stereocenters. The van der Waals surface area contributed by atoms with Crippen LogP contribution in [-0.4, -0.2) is 24.3 Å². The molecule has 26 heavy (non-hydrogen) atoms. The average molecular weight is 361 g/mol. The molecule has 0 radical (unpaired) electrons. The summed E-state index contributed by atoms with van der Waals surface area (Å²) in [6.45, 7) is 15.2. The van der Waals surface area contributed by atoms with Gasteiger partial charge < -0.3 is 4.74 Å². The summed E-state index contributed by atoms with van der Waals surface area (Å²) in [4.78, 5) is 25.2. The van der Waals surface area contributed by atoms with Crippen LogP contribution < -0.4 is 0 Å². The van der Waals surface area contributed by atoms with E-state index in [-0.39, 0.29) is 34.6 Å². The van der Waals surface area contributed by atoms with E-state index < -0.39 is 0 Å². The second kappa shape index (κ2) is 6.89. The van der Waals surface area contributed by atoms with Crippen LogP contribution in [0.15, 0.2) is 12.7 Å². The number of rotatable bonds is 4. The number of hydrogen-bond acceptors (Lipinski definition) is 3. The van der Waals surface area contributed by atoms with Gasteiger partial charge in [0.25, 0.3) is 0 Å². The van der Waals surface area contributed by atoms with Gasteiger partial charge >= 0.3 is 0 Å². The maximum Gasteiger partial charge on any atom is 0.162 e. The van der Waals surface area contributed by atoms with Gasteiger partial charge in [-0.2, -0.15) is 0 Å². The quantitative estimate of drug-likeness (QED) is 0.674. The van der Waals surface area contributed by atoms with Crippen LogP contribution in [-0.2, 0) is 14.3 Å². The number of Topliss-reactive ketones (excluding diaryl/α,β-unsaturated/α-hetero) is 2. The molecule has 0 aliphatic heterocycles. The van der Waals surface area contributed by atoms with Crippen molar-refractivity contribution in [2.24, 2.45) is 40.4 Å². The fraction of sp³-hybridized carbons (Fsp3) is 0.826. The summed E-state index contributed by atoms with van der Waals surface area (Å²) in [5.41, 5.74) is -0.119. The van der Waals surface area contributed by atoms with Crippen LogP contribution in [0.1, 0.15) is 66.7 Å². The molecule has 3 rings (SSSR count). The Labute approximate surface area is 158 Å². The van der Waals surface area contributed by atoms with E-state index in [1.54, 1.807) is 6.92 Å². The lowest BCUT2D eigenvalue weighted by Gasteiger charge is -2.63. The molecule has 0 aromatic heterocycles. The molecule has 0 aromatic rings. The van der Waals surface area contributed by atoms with Crippen molar-refractivity contribution in [1.82, 2.24) is 0 Å². The van der Waals surface area contributed by atoms with Gasteiger partial charge in [-0.05, 0) is 68.6 Å². The van der Waals surface area contributed by atoms with Crippen LogP contribution in [0.3, 0.4) is 0 Å². The Bertz CT molecular complexity index is 592. The van der Waals surface area contributed by atoms with E-state index in [1.165, 1.54) is 0 Å². The van der Waals surface area contributed by atoms with Gasteiger partial charge in [0.1, 0.15) is 11.9 Å². The lowest BCUT2D eigenvalue weighted by Crippen LogP contribution is -2.62. The van der Waals surface area contributed by atoms with Crippen LogP contribution in [0.25, 0.3) is 0 Å². The van der Waals surface area contributed by atoms with Gasteiger partial charge in [-0.15, -0.1) is 6.58 Å². The Morgan fingerprint density at radius 1 is 1.23 bits per heavy atom. The van der Waals surface area contributed by atoms with Crippen LogP contribution in [0, 0.1) is 40.4 Å². The molecule has 0 amide bonds. The van der Waals surface area contributed by atoms with Crippen molar-refractivity contribution in [3.8, 4) is 0 Å². The first-order chi connectivity index (χ1) is 12.2. The first-order valence-electron chi connectivity index (χ1n) is 10.5. The summed E-state index contributed by atoms with van der Waals surface area (Å²) in [6, 6.07) is 0. The van der Waals surface area contributed by atoms with Crippen molar-refractivity contribution in [2.45, 2.75) is 72.8 Å². The Morgan fingerprint density at radius 3 is 2.50 bits per heavy atom. The molecular weight excluding hydrogens is 324 g/mol. The minimum Gasteiger partial charge on any atom is -0.370 e. The Hall–Kier alpha value is -0.960. The second-order valence-electron chi connectivity index (χ2n) is 9.81. The monoisotopic (exact) mass is 360 g/mol. The highest BCUT2D eigenvalue weighted by Gasteiger charge is 2.62. The topological polar surface area (TPSA) is 43.4 Å². The fourth-order valence-electron chi connectivity index (χ4n) is 7.32. The molecule has 5 unspecified atom stereocenters. The molecule has 3 saturated carbocycles. The molecule has 0 bridgehead atoms. The van der Waals surface area contributed by atoms with Crippen LogP contribution in [0.5, 0.6) is 0 Å². The van der Waals surface area contributed by atoms with Crippen molar-refractivity contribution in [2.75, 3.05) is 6.61 Å². The minimum absolute atomic E-state index is 0.0140. The van der Waals surface area contributed by atoms with E-state index in [2.05, 4.69) is 27.4 Å². The van der Waals surface area contributed by atoms with E-state index in [0.29, 0.717) is 36.6 Å². The molecular formula is C23H36O3. The molecule has 0 N–H and O–H groups in total. The normalized spacial score (nSPS) is 44.7. The largest absolute Gasteiger partial charge is 0.370 e. The molecule has 3 fully saturated rings. The number of ether oxygens (including phenoxy) is 1. The Balaban J connectivity index is 1.95. The average Bonchev–Trinajstić information content (AvgIpc) is 2.57. The molecule has 0 heterocycles. The number of ketones is 2.